The Labute approximate surface area is 82.9 Å². The number of hydrogen-bond donors (Lipinski definition) is 1. The minimum Gasteiger partial charge on any atom is -0.307 e. The fourth-order valence-corrected chi connectivity index (χ4v) is 1.13. The van der Waals surface area contributed by atoms with Crippen LogP contribution in [0.2, 0.25) is 0 Å². The number of nitrogens with one attached hydrogen (secondary N) is 1. The van der Waals surface area contributed by atoms with Crippen molar-refractivity contribution in [1.82, 2.24) is 5.32 Å². The van der Waals surface area contributed by atoms with Crippen LogP contribution in [0.4, 0.5) is 0 Å². The SMILES string of the molecule is C/C=C/CNC(/C=C\CC)C(C)C. The van der Waals surface area contributed by atoms with Gasteiger partial charge in [0.05, 0.1) is 0 Å². The fourth-order valence-electron chi connectivity index (χ4n) is 1.13. The summed E-state index contributed by atoms with van der Waals surface area (Å²) in [5.74, 6) is 0.660. The molecule has 0 saturated carbocycles. The van der Waals surface area contributed by atoms with Gasteiger partial charge in [0.1, 0.15) is 0 Å². The first-order valence-corrected chi connectivity index (χ1v) is 5.23. The molecule has 0 spiro atoms. The molecule has 0 aliphatic rings. The molecule has 0 heterocycles. The van der Waals surface area contributed by atoms with E-state index in [0.29, 0.717) is 12.0 Å². The molecule has 0 fully saturated rings. The van der Waals surface area contributed by atoms with Gasteiger partial charge in [0.25, 0.3) is 0 Å². The molecule has 1 unspecified atom stereocenters. The molecule has 0 radical (unpaired) electrons. The normalized spacial score (nSPS) is 14.8. The minimum absolute atomic E-state index is 0.510. The molecule has 0 aliphatic heterocycles. The molecular weight excluding hydrogens is 158 g/mol. The van der Waals surface area contributed by atoms with E-state index in [1.54, 1.807) is 0 Å². The van der Waals surface area contributed by atoms with Crippen molar-refractivity contribution in [1.29, 1.82) is 0 Å². The highest BCUT2D eigenvalue weighted by Gasteiger charge is 2.06. The molecule has 1 N–H and O–H groups in total. The van der Waals surface area contributed by atoms with Crippen LogP contribution >= 0.6 is 0 Å². The van der Waals surface area contributed by atoms with Gasteiger partial charge in [-0.15, -0.1) is 0 Å². The third-order valence-corrected chi connectivity index (χ3v) is 2.00. The molecule has 0 aromatic rings. The number of hydrogen-bond acceptors (Lipinski definition) is 1. The van der Waals surface area contributed by atoms with Gasteiger partial charge in [-0.05, 0) is 19.3 Å². The molecule has 0 aliphatic carbocycles. The van der Waals surface area contributed by atoms with Crippen LogP contribution in [0.1, 0.15) is 34.1 Å². The Kier molecular flexibility index (Phi) is 7.71. The van der Waals surface area contributed by atoms with Gasteiger partial charge in [0.15, 0.2) is 0 Å². The summed E-state index contributed by atoms with van der Waals surface area (Å²) in [6, 6.07) is 0.510. The second-order valence-corrected chi connectivity index (χ2v) is 3.58. The van der Waals surface area contributed by atoms with Crippen molar-refractivity contribution in [3.63, 3.8) is 0 Å². The van der Waals surface area contributed by atoms with E-state index in [4.69, 9.17) is 0 Å². The zero-order valence-electron chi connectivity index (χ0n) is 9.38. The van der Waals surface area contributed by atoms with Gasteiger partial charge in [0, 0.05) is 12.6 Å². The van der Waals surface area contributed by atoms with Crippen LogP contribution in [0.15, 0.2) is 24.3 Å². The third-order valence-electron chi connectivity index (χ3n) is 2.00. The van der Waals surface area contributed by atoms with E-state index < -0.39 is 0 Å². The first-order chi connectivity index (χ1) is 6.22. The van der Waals surface area contributed by atoms with E-state index in [9.17, 15) is 0 Å². The molecule has 76 valence electrons. The summed E-state index contributed by atoms with van der Waals surface area (Å²) in [5.41, 5.74) is 0. The maximum atomic E-state index is 3.48. The van der Waals surface area contributed by atoms with Gasteiger partial charge in [-0.25, -0.2) is 0 Å². The molecule has 1 heteroatoms. The standard InChI is InChI=1S/C12H23N/c1-5-7-9-12(11(3)4)13-10-8-6-2/h6-9,11-13H,5,10H2,1-4H3/b8-6+,9-7-. The minimum atomic E-state index is 0.510. The van der Waals surface area contributed by atoms with E-state index in [1.165, 1.54) is 0 Å². The zero-order valence-corrected chi connectivity index (χ0v) is 9.38. The molecule has 0 aromatic heterocycles. The van der Waals surface area contributed by atoms with Crippen LogP contribution < -0.4 is 5.32 Å². The summed E-state index contributed by atoms with van der Waals surface area (Å²) in [6.45, 7) is 9.67. The highest BCUT2D eigenvalue weighted by atomic mass is 14.9. The van der Waals surface area contributed by atoms with Crippen molar-refractivity contribution in [3.05, 3.63) is 24.3 Å². The van der Waals surface area contributed by atoms with Crippen LogP contribution in [0.5, 0.6) is 0 Å². The Morgan fingerprint density at radius 3 is 2.38 bits per heavy atom. The monoisotopic (exact) mass is 181 g/mol. The van der Waals surface area contributed by atoms with Gasteiger partial charge < -0.3 is 5.32 Å². The van der Waals surface area contributed by atoms with E-state index >= 15 is 0 Å². The predicted molar refractivity (Wildman–Crippen MR) is 60.9 cm³/mol. The highest BCUT2D eigenvalue weighted by molar-refractivity contribution is 4.96. The average molecular weight is 181 g/mol. The van der Waals surface area contributed by atoms with Crippen molar-refractivity contribution in [2.45, 2.75) is 40.2 Å². The van der Waals surface area contributed by atoms with Crippen LogP contribution in [0, 0.1) is 5.92 Å². The molecule has 0 rings (SSSR count). The second-order valence-electron chi connectivity index (χ2n) is 3.58. The second kappa shape index (κ2) is 8.06. The summed E-state index contributed by atoms with van der Waals surface area (Å²) in [4.78, 5) is 0. The van der Waals surface area contributed by atoms with E-state index in [-0.39, 0.29) is 0 Å². The zero-order chi connectivity index (χ0) is 10.1. The maximum Gasteiger partial charge on any atom is 0.0275 e. The Morgan fingerprint density at radius 2 is 1.92 bits per heavy atom. The third kappa shape index (κ3) is 6.59. The summed E-state index contributed by atoms with van der Waals surface area (Å²) < 4.78 is 0. The van der Waals surface area contributed by atoms with Crippen molar-refractivity contribution in [3.8, 4) is 0 Å². The topological polar surface area (TPSA) is 12.0 Å². The van der Waals surface area contributed by atoms with Gasteiger partial charge in [-0.2, -0.15) is 0 Å². The van der Waals surface area contributed by atoms with Gasteiger partial charge in [0.2, 0.25) is 0 Å². The summed E-state index contributed by atoms with van der Waals surface area (Å²) in [5, 5.41) is 3.48. The fraction of sp³-hybridized carbons (Fsp3) is 0.667. The lowest BCUT2D eigenvalue weighted by atomic mass is 10.0. The van der Waals surface area contributed by atoms with Crippen molar-refractivity contribution < 1.29 is 0 Å². The smallest absolute Gasteiger partial charge is 0.0275 e. The Morgan fingerprint density at radius 1 is 1.23 bits per heavy atom. The van der Waals surface area contributed by atoms with Gasteiger partial charge in [-0.3, -0.25) is 0 Å². The van der Waals surface area contributed by atoms with Crippen molar-refractivity contribution in [2.75, 3.05) is 6.54 Å². The highest BCUT2D eigenvalue weighted by Crippen LogP contribution is 2.03. The first kappa shape index (κ1) is 12.4. The predicted octanol–water partition coefficient (Wildman–Crippen LogP) is 3.14. The van der Waals surface area contributed by atoms with Gasteiger partial charge >= 0.3 is 0 Å². The van der Waals surface area contributed by atoms with E-state index in [2.05, 4.69) is 50.4 Å². The van der Waals surface area contributed by atoms with Gasteiger partial charge in [-0.1, -0.05) is 45.1 Å². The molecule has 0 bridgehead atoms. The maximum absolute atomic E-state index is 3.48. The lowest BCUT2D eigenvalue weighted by molar-refractivity contribution is 0.483. The lowest BCUT2D eigenvalue weighted by Crippen LogP contribution is -2.31. The molecule has 0 saturated heterocycles. The quantitative estimate of drug-likeness (QED) is 0.621. The molecule has 0 aromatic carbocycles. The molecule has 1 nitrogen and oxygen atoms in total. The number of rotatable bonds is 6. The summed E-state index contributed by atoms with van der Waals surface area (Å²) >= 11 is 0. The lowest BCUT2D eigenvalue weighted by Gasteiger charge is -2.17. The number of allylic oxidation sites excluding steroid dienone is 2. The largest absolute Gasteiger partial charge is 0.307 e. The van der Waals surface area contributed by atoms with E-state index in [1.807, 2.05) is 6.92 Å². The Bertz CT molecular complexity index is 157. The van der Waals surface area contributed by atoms with Crippen LogP contribution in [-0.2, 0) is 0 Å². The van der Waals surface area contributed by atoms with E-state index in [0.717, 1.165) is 13.0 Å². The molecular formula is C12H23N. The summed E-state index contributed by atoms with van der Waals surface area (Å²) in [6.07, 6.45) is 9.85. The van der Waals surface area contributed by atoms with Crippen LogP contribution in [0.25, 0.3) is 0 Å². The van der Waals surface area contributed by atoms with Crippen LogP contribution in [0.3, 0.4) is 0 Å². The van der Waals surface area contributed by atoms with Crippen molar-refractivity contribution in [2.24, 2.45) is 5.92 Å². The molecule has 1 atom stereocenters. The molecule has 0 amide bonds. The van der Waals surface area contributed by atoms with Crippen LogP contribution in [-0.4, -0.2) is 12.6 Å². The first-order valence-electron chi connectivity index (χ1n) is 5.23. The average Bonchev–Trinajstić information content (AvgIpc) is 2.10. The summed E-state index contributed by atoms with van der Waals surface area (Å²) in [7, 11) is 0. The Hall–Kier alpha value is -0.560. The molecule has 13 heavy (non-hydrogen) atoms. The van der Waals surface area contributed by atoms with Crippen molar-refractivity contribution >= 4 is 0 Å². The Balaban J connectivity index is 3.87.